The van der Waals surface area contributed by atoms with Gasteiger partial charge in [0.25, 0.3) is 0 Å². The lowest BCUT2D eigenvalue weighted by Crippen LogP contribution is -3.05. The summed E-state index contributed by atoms with van der Waals surface area (Å²) in [5, 5.41) is 4.01. The first-order valence-corrected chi connectivity index (χ1v) is 11.0. The van der Waals surface area contributed by atoms with Crippen molar-refractivity contribution in [3.05, 3.63) is 29.3 Å². The topological polar surface area (TPSA) is 57.1 Å². The highest BCUT2D eigenvalue weighted by Gasteiger charge is 2.30. The second kappa shape index (κ2) is 9.12. The molecule has 0 radical (unpaired) electrons. The van der Waals surface area contributed by atoms with Crippen LogP contribution in [-0.4, -0.2) is 76.1 Å². The number of hydrogen-bond acceptors (Lipinski definition) is 3. The predicted molar refractivity (Wildman–Crippen MR) is 109 cm³/mol. The Kier molecular flexibility index (Phi) is 7.40. The fraction of sp³-hybridized carbons (Fsp3) is 0.611. The summed E-state index contributed by atoms with van der Waals surface area (Å²) >= 11 is 5.45. The predicted octanol–water partition coefficient (Wildman–Crippen LogP) is 0.0188. The molecule has 1 aromatic carbocycles. The van der Waals surface area contributed by atoms with Crippen LogP contribution in [0.15, 0.2) is 23.1 Å². The Morgan fingerprint density at radius 3 is 2.42 bits per heavy atom. The number of nitrogens with zero attached hydrogens (tertiary/aromatic N) is 2. The van der Waals surface area contributed by atoms with Crippen molar-refractivity contribution >= 4 is 27.4 Å². The van der Waals surface area contributed by atoms with Gasteiger partial charge in [0.2, 0.25) is 10.0 Å². The summed E-state index contributed by atoms with van der Waals surface area (Å²) in [6.45, 7) is 7.92. The molecule has 146 valence electrons. The van der Waals surface area contributed by atoms with Gasteiger partial charge in [-0.25, -0.2) is 8.42 Å². The van der Waals surface area contributed by atoms with Crippen molar-refractivity contribution in [2.75, 3.05) is 53.4 Å². The normalized spacial score (nSPS) is 16.1. The van der Waals surface area contributed by atoms with Gasteiger partial charge in [0.05, 0.1) is 25.5 Å². The first-order chi connectivity index (χ1) is 12.2. The van der Waals surface area contributed by atoms with E-state index in [1.165, 1.54) is 4.90 Å². The van der Waals surface area contributed by atoms with Crippen LogP contribution in [0.2, 0.25) is 0 Å². The Balaban J connectivity index is 1.90. The molecule has 1 saturated heterocycles. The molecule has 2 rings (SSSR count). The number of hydrogen-bond donors (Lipinski definition) is 2. The van der Waals surface area contributed by atoms with Gasteiger partial charge in [-0.1, -0.05) is 17.7 Å². The monoisotopic (exact) mass is 399 g/mol. The zero-order valence-corrected chi connectivity index (χ0v) is 17.8. The van der Waals surface area contributed by atoms with Crippen LogP contribution in [0.5, 0.6) is 0 Å². The van der Waals surface area contributed by atoms with Crippen LogP contribution in [0, 0.1) is 13.8 Å². The van der Waals surface area contributed by atoms with E-state index in [9.17, 15) is 8.42 Å². The lowest BCUT2D eigenvalue weighted by Gasteiger charge is -2.35. The third kappa shape index (κ3) is 5.39. The molecule has 0 aromatic heterocycles. The molecule has 1 fully saturated rings. The second-order valence-corrected chi connectivity index (χ2v) is 9.50. The summed E-state index contributed by atoms with van der Waals surface area (Å²) in [4.78, 5) is 3.89. The first-order valence-electron chi connectivity index (χ1n) is 9.11. The van der Waals surface area contributed by atoms with Crippen LogP contribution < -0.4 is 10.2 Å². The summed E-state index contributed by atoms with van der Waals surface area (Å²) in [5.74, 6) is 0. The highest BCUT2D eigenvalue weighted by atomic mass is 32.2. The van der Waals surface area contributed by atoms with Crippen molar-refractivity contribution in [1.82, 2.24) is 14.5 Å². The zero-order valence-electron chi connectivity index (χ0n) is 16.2. The van der Waals surface area contributed by atoms with Gasteiger partial charge in [-0.2, -0.15) is 4.31 Å². The Morgan fingerprint density at radius 1 is 1.19 bits per heavy atom. The highest BCUT2D eigenvalue weighted by molar-refractivity contribution is 7.89. The van der Waals surface area contributed by atoms with Crippen LogP contribution in [-0.2, 0) is 10.0 Å². The summed E-state index contributed by atoms with van der Waals surface area (Å²) in [7, 11) is 0.817. The Bertz CT molecular complexity index is 727. The van der Waals surface area contributed by atoms with Gasteiger partial charge >= 0.3 is 0 Å². The van der Waals surface area contributed by atoms with Gasteiger partial charge in [-0.3, -0.25) is 0 Å². The SMILES string of the molecule is Cc1ccc(S(=O)(=O)N2CCN(C(=S)NCCC[NH+](C)C)CC2)c(C)c1. The molecule has 0 spiro atoms. The molecule has 1 aromatic rings. The summed E-state index contributed by atoms with van der Waals surface area (Å²) in [6.07, 6.45) is 1.06. The van der Waals surface area contributed by atoms with E-state index in [1.54, 1.807) is 10.4 Å². The maximum atomic E-state index is 12.9. The number of benzene rings is 1. The number of piperazine rings is 1. The molecule has 0 saturated carbocycles. The molecular weight excluding hydrogens is 368 g/mol. The Labute approximate surface area is 163 Å². The van der Waals surface area contributed by atoms with Gasteiger partial charge < -0.3 is 15.1 Å². The summed E-state index contributed by atoms with van der Waals surface area (Å²) in [5.41, 5.74) is 1.87. The van der Waals surface area contributed by atoms with Crippen molar-refractivity contribution < 1.29 is 13.3 Å². The molecule has 0 atom stereocenters. The molecule has 1 aliphatic heterocycles. The van der Waals surface area contributed by atoms with Crippen molar-refractivity contribution in [3.8, 4) is 0 Å². The first kappa shape index (κ1) is 21.1. The van der Waals surface area contributed by atoms with Gasteiger partial charge in [-0.05, 0) is 37.7 Å². The van der Waals surface area contributed by atoms with E-state index in [4.69, 9.17) is 12.2 Å². The third-order valence-corrected chi connectivity index (χ3v) is 7.07. The second-order valence-electron chi connectivity index (χ2n) is 7.20. The van der Waals surface area contributed by atoms with Crippen molar-refractivity contribution in [3.63, 3.8) is 0 Å². The summed E-state index contributed by atoms with van der Waals surface area (Å²) < 4.78 is 27.4. The number of quaternary nitrogens is 1. The molecule has 0 amide bonds. The molecular formula is C18H31N4O2S2+. The number of thiocarbonyl (C=S) groups is 1. The lowest BCUT2D eigenvalue weighted by atomic mass is 10.2. The van der Waals surface area contributed by atoms with Crippen LogP contribution in [0.3, 0.4) is 0 Å². The van der Waals surface area contributed by atoms with Crippen LogP contribution in [0.4, 0.5) is 0 Å². The average molecular weight is 400 g/mol. The minimum absolute atomic E-state index is 0.406. The number of rotatable bonds is 6. The number of sulfonamides is 1. The van der Waals surface area contributed by atoms with Crippen molar-refractivity contribution in [2.24, 2.45) is 0 Å². The molecule has 6 nitrogen and oxygen atoms in total. The smallest absolute Gasteiger partial charge is 0.243 e. The molecule has 0 bridgehead atoms. The average Bonchev–Trinajstić information content (AvgIpc) is 2.58. The maximum absolute atomic E-state index is 12.9. The molecule has 26 heavy (non-hydrogen) atoms. The van der Waals surface area contributed by atoms with E-state index in [-0.39, 0.29) is 0 Å². The summed E-state index contributed by atoms with van der Waals surface area (Å²) in [6, 6.07) is 5.48. The van der Waals surface area contributed by atoms with Crippen LogP contribution >= 0.6 is 12.2 Å². The Hall–Kier alpha value is -1.22. The molecule has 8 heteroatoms. The third-order valence-electron chi connectivity index (χ3n) is 4.60. The molecule has 2 N–H and O–H groups in total. The zero-order chi connectivity index (χ0) is 19.3. The quantitative estimate of drug-likeness (QED) is 0.522. The minimum atomic E-state index is -3.45. The fourth-order valence-electron chi connectivity index (χ4n) is 3.11. The van der Waals surface area contributed by atoms with E-state index in [2.05, 4.69) is 24.3 Å². The molecule has 1 aliphatic rings. The van der Waals surface area contributed by atoms with E-state index in [0.717, 1.165) is 35.7 Å². The maximum Gasteiger partial charge on any atom is 0.243 e. The van der Waals surface area contributed by atoms with Crippen molar-refractivity contribution in [2.45, 2.75) is 25.2 Å². The fourth-order valence-corrected chi connectivity index (χ4v) is 5.02. The van der Waals surface area contributed by atoms with Crippen LogP contribution in [0.1, 0.15) is 17.5 Å². The van der Waals surface area contributed by atoms with Gasteiger partial charge in [0.15, 0.2) is 5.11 Å². The highest BCUT2D eigenvalue weighted by Crippen LogP contribution is 2.22. The van der Waals surface area contributed by atoms with E-state index >= 15 is 0 Å². The largest absolute Gasteiger partial charge is 0.362 e. The Morgan fingerprint density at radius 2 is 1.85 bits per heavy atom. The van der Waals surface area contributed by atoms with Gasteiger partial charge in [0, 0.05) is 39.1 Å². The van der Waals surface area contributed by atoms with E-state index in [1.807, 2.05) is 26.0 Å². The minimum Gasteiger partial charge on any atom is -0.362 e. The van der Waals surface area contributed by atoms with Gasteiger partial charge in [0.1, 0.15) is 0 Å². The van der Waals surface area contributed by atoms with Crippen LogP contribution in [0.25, 0.3) is 0 Å². The standard InChI is InChI=1S/C18H30N4O2S2/c1-15-6-7-17(16(2)14-15)26(23,24)22-12-10-21(11-13-22)18(25)19-8-5-9-20(3)4/h6-7,14H,5,8-13H2,1-4H3,(H,19,25)/p+1. The number of aryl methyl sites for hydroxylation is 2. The lowest BCUT2D eigenvalue weighted by molar-refractivity contribution is -0.858. The van der Waals surface area contributed by atoms with Gasteiger partial charge in [-0.15, -0.1) is 0 Å². The molecule has 0 unspecified atom stereocenters. The molecule has 0 aliphatic carbocycles. The van der Waals surface area contributed by atoms with E-state index < -0.39 is 10.0 Å². The number of nitrogens with one attached hydrogen (secondary N) is 2. The van der Waals surface area contributed by atoms with E-state index in [0.29, 0.717) is 31.1 Å². The van der Waals surface area contributed by atoms with Crippen molar-refractivity contribution in [1.29, 1.82) is 0 Å². The molecule has 1 heterocycles.